The van der Waals surface area contributed by atoms with E-state index in [-0.39, 0.29) is 17.7 Å². The third-order valence-electron chi connectivity index (χ3n) is 5.62. The molecule has 2 aromatic heterocycles. The minimum absolute atomic E-state index is 0.00369. The van der Waals surface area contributed by atoms with Gasteiger partial charge in [0, 0.05) is 31.6 Å². The summed E-state index contributed by atoms with van der Waals surface area (Å²) in [5, 5.41) is 15.3. The molecule has 2 aromatic carbocycles. The van der Waals surface area contributed by atoms with Crippen molar-refractivity contribution in [1.82, 2.24) is 15.3 Å². The van der Waals surface area contributed by atoms with Crippen LogP contribution in [0.5, 0.6) is 0 Å². The first-order valence-corrected chi connectivity index (χ1v) is 14.5. The fourth-order valence-corrected chi connectivity index (χ4v) is 6.55. The minimum Gasteiger partial charge on any atom is -0.376 e. The van der Waals surface area contributed by atoms with E-state index < -0.39 is 4.92 Å². The summed E-state index contributed by atoms with van der Waals surface area (Å²) in [6.07, 6.45) is 5.42. The van der Waals surface area contributed by atoms with Gasteiger partial charge in [0.05, 0.1) is 37.6 Å². The number of hydrogen-bond donors (Lipinski definition) is 1. The molecular formula is C26H23N5O4S3. The van der Waals surface area contributed by atoms with Gasteiger partial charge in [-0.15, -0.1) is 11.3 Å². The zero-order chi connectivity index (χ0) is 26.3. The van der Waals surface area contributed by atoms with E-state index in [9.17, 15) is 14.9 Å². The van der Waals surface area contributed by atoms with Gasteiger partial charge in [-0.2, -0.15) is 0 Å². The maximum absolute atomic E-state index is 12.2. The second-order valence-corrected chi connectivity index (χ2v) is 11.7. The van der Waals surface area contributed by atoms with Crippen molar-refractivity contribution in [2.45, 2.75) is 33.2 Å². The van der Waals surface area contributed by atoms with Crippen LogP contribution in [0, 0.1) is 10.1 Å². The van der Waals surface area contributed by atoms with Gasteiger partial charge in [-0.3, -0.25) is 19.9 Å². The Morgan fingerprint density at radius 1 is 1.26 bits per heavy atom. The molecule has 38 heavy (non-hydrogen) atoms. The molecule has 1 atom stereocenters. The van der Waals surface area contributed by atoms with Crippen molar-refractivity contribution in [3.63, 3.8) is 0 Å². The van der Waals surface area contributed by atoms with Crippen molar-refractivity contribution in [2.75, 3.05) is 18.9 Å². The molecule has 1 saturated heterocycles. The Balaban J connectivity index is 1.22. The molecule has 1 N–H and O–H groups in total. The highest BCUT2D eigenvalue weighted by Gasteiger charge is 2.17. The fourth-order valence-electron chi connectivity index (χ4n) is 3.76. The van der Waals surface area contributed by atoms with Gasteiger partial charge in [0.25, 0.3) is 5.69 Å². The van der Waals surface area contributed by atoms with Gasteiger partial charge < -0.3 is 10.1 Å². The maximum Gasteiger partial charge on any atom is 0.283 e. The molecule has 12 heteroatoms. The minimum atomic E-state index is -0.395. The number of thiazole rings is 1. The Labute approximate surface area is 231 Å². The predicted octanol–water partition coefficient (Wildman–Crippen LogP) is 5.89. The van der Waals surface area contributed by atoms with Crippen LogP contribution in [0.3, 0.4) is 0 Å². The fraction of sp³-hybridized carbons (Fsp3) is 0.231. The average molecular weight is 566 g/mol. The number of ether oxygens (including phenoxy) is 1. The molecule has 1 fully saturated rings. The summed E-state index contributed by atoms with van der Waals surface area (Å²) in [6.45, 7) is 1.32. The van der Waals surface area contributed by atoms with Crippen molar-refractivity contribution in [1.29, 1.82) is 0 Å². The molecule has 194 valence electrons. The number of nitro benzene ring substituents is 1. The molecular weight excluding hydrogens is 543 g/mol. The van der Waals surface area contributed by atoms with Crippen LogP contribution in [0.2, 0.25) is 0 Å². The number of nitrogens with one attached hydrogen (secondary N) is 1. The van der Waals surface area contributed by atoms with Crippen LogP contribution in [0.1, 0.15) is 18.4 Å². The standard InChI is InChI=1S/C26H23N5O4S3/c32-24(29-15-19-4-3-11-35-19)16-36-26-30-20-8-7-18(13-23(20)38-26)28-14-17-6-9-22(21(12-17)31(33)34)37-25-5-1-2-10-27-25/h1-2,5-10,12-14,19H,3-4,11,15-16H2,(H,29,32)/t19-/m0/s1. The molecule has 0 bridgehead atoms. The van der Waals surface area contributed by atoms with E-state index in [1.54, 1.807) is 30.6 Å². The molecule has 5 rings (SSSR count). The second-order valence-electron chi connectivity index (χ2n) is 8.37. The van der Waals surface area contributed by atoms with Crippen LogP contribution < -0.4 is 5.32 Å². The monoisotopic (exact) mass is 565 g/mol. The summed E-state index contributed by atoms with van der Waals surface area (Å²) in [6, 6.07) is 16.1. The van der Waals surface area contributed by atoms with E-state index >= 15 is 0 Å². The van der Waals surface area contributed by atoms with Crippen LogP contribution in [-0.2, 0) is 9.53 Å². The first kappa shape index (κ1) is 26.3. The number of nitro groups is 1. The molecule has 0 spiro atoms. The predicted molar refractivity (Wildman–Crippen MR) is 151 cm³/mol. The lowest BCUT2D eigenvalue weighted by molar-refractivity contribution is -0.387. The third kappa shape index (κ3) is 6.95. The van der Waals surface area contributed by atoms with Gasteiger partial charge in [-0.25, -0.2) is 9.97 Å². The Morgan fingerprint density at radius 2 is 2.18 bits per heavy atom. The molecule has 0 aliphatic carbocycles. The van der Waals surface area contributed by atoms with Gasteiger partial charge in [0.1, 0.15) is 5.03 Å². The van der Waals surface area contributed by atoms with E-state index in [2.05, 4.69) is 20.3 Å². The molecule has 1 amide bonds. The van der Waals surface area contributed by atoms with Gasteiger partial charge in [-0.1, -0.05) is 35.7 Å². The topological polar surface area (TPSA) is 120 Å². The quantitative estimate of drug-likeness (QED) is 0.109. The molecule has 1 aliphatic rings. The highest BCUT2D eigenvalue weighted by atomic mass is 32.2. The number of carbonyl (C=O) groups is 1. The number of nitrogens with zero attached hydrogens (tertiary/aromatic N) is 4. The number of rotatable bonds is 10. The molecule has 9 nitrogen and oxygen atoms in total. The number of pyridine rings is 1. The van der Waals surface area contributed by atoms with Gasteiger partial charge in [0.15, 0.2) is 4.34 Å². The third-order valence-corrected chi connectivity index (χ3v) is 8.80. The largest absolute Gasteiger partial charge is 0.376 e. The van der Waals surface area contributed by atoms with E-state index in [1.165, 1.54) is 40.9 Å². The number of benzene rings is 2. The van der Waals surface area contributed by atoms with Crippen LogP contribution in [0.25, 0.3) is 10.2 Å². The van der Waals surface area contributed by atoms with Crippen molar-refractivity contribution >= 4 is 68.6 Å². The molecule has 0 unspecified atom stereocenters. The number of fused-ring (bicyclic) bond motifs is 1. The van der Waals surface area contributed by atoms with Crippen molar-refractivity contribution in [3.05, 3.63) is 76.5 Å². The smallest absolute Gasteiger partial charge is 0.283 e. The summed E-state index contributed by atoms with van der Waals surface area (Å²) >= 11 is 4.16. The zero-order valence-corrected chi connectivity index (χ0v) is 22.6. The number of carbonyl (C=O) groups excluding carboxylic acids is 1. The van der Waals surface area contributed by atoms with Gasteiger partial charge in [-0.05, 0) is 54.8 Å². The van der Waals surface area contributed by atoms with E-state index in [4.69, 9.17) is 4.74 Å². The average Bonchev–Trinajstić information content (AvgIpc) is 3.60. The van der Waals surface area contributed by atoms with E-state index in [0.717, 1.165) is 34.0 Å². The zero-order valence-electron chi connectivity index (χ0n) is 20.1. The summed E-state index contributed by atoms with van der Waals surface area (Å²) < 4.78 is 7.30. The molecule has 0 radical (unpaired) electrons. The lowest BCUT2D eigenvalue weighted by Gasteiger charge is -2.09. The number of aromatic nitrogens is 2. The van der Waals surface area contributed by atoms with Gasteiger partial charge in [0.2, 0.25) is 5.91 Å². The van der Waals surface area contributed by atoms with Crippen LogP contribution in [-0.4, -0.2) is 52.0 Å². The van der Waals surface area contributed by atoms with Crippen LogP contribution in [0.4, 0.5) is 11.4 Å². The Bertz CT molecular complexity index is 1470. The van der Waals surface area contributed by atoms with Crippen LogP contribution in [0.15, 0.2) is 80.0 Å². The van der Waals surface area contributed by atoms with Gasteiger partial charge >= 0.3 is 0 Å². The molecule has 1 aliphatic heterocycles. The molecule has 3 heterocycles. The Hall–Kier alpha value is -3.32. The summed E-state index contributed by atoms with van der Waals surface area (Å²) in [4.78, 5) is 37.3. The van der Waals surface area contributed by atoms with Crippen molar-refractivity contribution in [3.8, 4) is 0 Å². The number of amides is 1. The molecule has 0 saturated carbocycles. The normalized spacial score (nSPS) is 15.3. The SMILES string of the molecule is O=C(CSc1nc2ccc(N=Cc3ccc(Sc4ccccn4)c([N+](=O)[O-])c3)cc2s1)NC[C@@H]1CCCO1. The first-order valence-electron chi connectivity index (χ1n) is 11.9. The lowest BCUT2D eigenvalue weighted by Crippen LogP contribution is -2.32. The summed E-state index contributed by atoms with van der Waals surface area (Å²) in [5.41, 5.74) is 2.17. The first-order chi connectivity index (χ1) is 18.5. The number of hydrogen-bond acceptors (Lipinski definition) is 10. The second kappa shape index (κ2) is 12.5. The summed E-state index contributed by atoms with van der Waals surface area (Å²) in [5.74, 6) is 0.263. The Kier molecular flexibility index (Phi) is 8.64. The number of aliphatic imine (C=N–C) groups is 1. The highest BCUT2D eigenvalue weighted by Crippen LogP contribution is 2.35. The van der Waals surface area contributed by atoms with E-state index in [1.807, 2.05) is 30.3 Å². The Morgan fingerprint density at radius 3 is 2.97 bits per heavy atom. The number of thioether (sulfide) groups is 1. The van der Waals surface area contributed by atoms with E-state index in [0.29, 0.717) is 33.5 Å². The lowest BCUT2D eigenvalue weighted by atomic mass is 10.2. The molecule has 4 aromatic rings. The maximum atomic E-state index is 12.2. The highest BCUT2D eigenvalue weighted by molar-refractivity contribution is 8.01. The summed E-state index contributed by atoms with van der Waals surface area (Å²) in [7, 11) is 0. The van der Waals surface area contributed by atoms with Crippen molar-refractivity contribution < 1.29 is 14.5 Å². The van der Waals surface area contributed by atoms with Crippen molar-refractivity contribution in [2.24, 2.45) is 4.99 Å². The van der Waals surface area contributed by atoms with Crippen LogP contribution >= 0.6 is 34.9 Å².